The molecule has 4 heteroatoms. The van der Waals surface area contributed by atoms with Gasteiger partial charge in [0.25, 0.3) is 0 Å². The maximum Gasteiger partial charge on any atom is 0.0975 e. The fourth-order valence-corrected chi connectivity index (χ4v) is 3.75. The summed E-state index contributed by atoms with van der Waals surface area (Å²) < 4.78 is 0. The SMILES string of the molecule is Cc1nc(C2CCN(C)C2)sc1C(C)(C)CN. The fourth-order valence-electron chi connectivity index (χ4n) is 2.45. The average Bonchev–Trinajstić information content (AvgIpc) is 2.85. The molecule has 1 aliphatic heterocycles. The summed E-state index contributed by atoms with van der Waals surface area (Å²) in [5.41, 5.74) is 7.10. The van der Waals surface area contributed by atoms with Crippen molar-refractivity contribution in [2.75, 3.05) is 26.7 Å². The predicted octanol–water partition coefficient (Wildman–Crippen LogP) is 2.11. The molecule has 3 nitrogen and oxygen atoms in total. The van der Waals surface area contributed by atoms with Gasteiger partial charge in [0, 0.05) is 29.3 Å². The molecule has 2 heterocycles. The quantitative estimate of drug-likeness (QED) is 0.897. The Bertz CT molecular complexity index is 397. The number of hydrogen-bond acceptors (Lipinski definition) is 4. The molecular formula is C13H23N3S. The Hall–Kier alpha value is -0.450. The van der Waals surface area contributed by atoms with Gasteiger partial charge in [-0.15, -0.1) is 11.3 Å². The summed E-state index contributed by atoms with van der Waals surface area (Å²) in [6.07, 6.45) is 1.24. The van der Waals surface area contributed by atoms with Crippen LogP contribution in [0.15, 0.2) is 0 Å². The molecule has 1 aromatic heterocycles. The number of aromatic nitrogens is 1. The van der Waals surface area contributed by atoms with E-state index in [1.165, 1.54) is 28.5 Å². The minimum Gasteiger partial charge on any atom is -0.330 e. The Kier molecular flexibility index (Phi) is 3.57. The topological polar surface area (TPSA) is 42.2 Å². The lowest BCUT2D eigenvalue weighted by molar-refractivity contribution is 0.411. The predicted molar refractivity (Wildman–Crippen MR) is 73.8 cm³/mol. The van der Waals surface area contributed by atoms with Crippen LogP contribution in [-0.4, -0.2) is 36.6 Å². The second kappa shape index (κ2) is 4.67. The van der Waals surface area contributed by atoms with Crippen LogP contribution in [0.2, 0.25) is 0 Å². The average molecular weight is 253 g/mol. The Morgan fingerprint density at radius 3 is 2.76 bits per heavy atom. The molecule has 0 bridgehead atoms. The third-order valence-corrected chi connectivity index (χ3v) is 5.36. The molecule has 17 heavy (non-hydrogen) atoms. The Morgan fingerprint density at radius 2 is 2.24 bits per heavy atom. The number of aryl methyl sites for hydroxylation is 1. The van der Waals surface area contributed by atoms with Crippen LogP contribution in [0.1, 0.15) is 41.8 Å². The summed E-state index contributed by atoms with van der Waals surface area (Å²) in [4.78, 5) is 8.53. The van der Waals surface area contributed by atoms with Gasteiger partial charge in [-0.05, 0) is 26.9 Å². The van der Waals surface area contributed by atoms with Crippen molar-refractivity contribution in [1.82, 2.24) is 9.88 Å². The third-order valence-electron chi connectivity index (χ3n) is 3.68. The van der Waals surface area contributed by atoms with Crippen LogP contribution in [0.3, 0.4) is 0 Å². The van der Waals surface area contributed by atoms with Gasteiger partial charge < -0.3 is 10.6 Å². The van der Waals surface area contributed by atoms with E-state index in [0.717, 1.165) is 6.54 Å². The van der Waals surface area contributed by atoms with Gasteiger partial charge in [-0.3, -0.25) is 0 Å². The first-order valence-corrected chi connectivity index (χ1v) is 7.12. The minimum atomic E-state index is 0.0600. The van der Waals surface area contributed by atoms with Gasteiger partial charge in [0.05, 0.1) is 10.7 Å². The van der Waals surface area contributed by atoms with Crippen molar-refractivity contribution in [2.24, 2.45) is 5.73 Å². The number of likely N-dealkylation sites (N-methyl/N-ethyl adjacent to an activating group) is 1. The lowest BCUT2D eigenvalue weighted by Crippen LogP contribution is -2.27. The van der Waals surface area contributed by atoms with E-state index in [-0.39, 0.29) is 5.41 Å². The zero-order chi connectivity index (χ0) is 12.6. The zero-order valence-electron chi connectivity index (χ0n) is 11.3. The number of hydrogen-bond donors (Lipinski definition) is 1. The van der Waals surface area contributed by atoms with Crippen molar-refractivity contribution >= 4 is 11.3 Å². The molecule has 0 amide bonds. The van der Waals surface area contributed by atoms with Crippen LogP contribution in [0.25, 0.3) is 0 Å². The lowest BCUT2D eigenvalue weighted by atomic mass is 9.91. The lowest BCUT2D eigenvalue weighted by Gasteiger charge is -2.21. The number of rotatable bonds is 3. The van der Waals surface area contributed by atoms with E-state index in [9.17, 15) is 0 Å². The number of nitrogens with two attached hydrogens (primary N) is 1. The highest BCUT2D eigenvalue weighted by Crippen LogP contribution is 2.36. The monoisotopic (exact) mass is 253 g/mol. The molecule has 2 N–H and O–H groups in total. The molecule has 1 fully saturated rings. The van der Waals surface area contributed by atoms with E-state index in [4.69, 9.17) is 10.7 Å². The fraction of sp³-hybridized carbons (Fsp3) is 0.769. The first-order valence-electron chi connectivity index (χ1n) is 6.30. The summed E-state index contributed by atoms with van der Waals surface area (Å²) in [5.74, 6) is 0.631. The van der Waals surface area contributed by atoms with Crippen LogP contribution in [0, 0.1) is 6.92 Å². The number of thiazole rings is 1. The van der Waals surface area contributed by atoms with Gasteiger partial charge in [0.15, 0.2) is 0 Å². The molecule has 1 atom stereocenters. The van der Waals surface area contributed by atoms with E-state index < -0.39 is 0 Å². The van der Waals surface area contributed by atoms with E-state index in [1.54, 1.807) is 0 Å². The minimum absolute atomic E-state index is 0.0600. The third kappa shape index (κ3) is 2.54. The highest BCUT2D eigenvalue weighted by molar-refractivity contribution is 7.12. The molecule has 0 aromatic carbocycles. The van der Waals surface area contributed by atoms with Crippen molar-refractivity contribution in [3.05, 3.63) is 15.6 Å². The first kappa shape index (κ1) is 13.0. The summed E-state index contributed by atoms with van der Waals surface area (Å²) in [6.45, 7) is 9.55. The van der Waals surface area contributed by atoms with Crippen molar-refractivity contribution in [1.29, 1.82) is 0 Å². The Morgan fingerprint density at radius 1 is 1.53 bits per heavy atom. The summed E-state index contributed by atoms with van der Waals surface area (Å²) in [5, 5.41) is 1.31. The van der Waals surface area contributed by atoms with Gasteiger partial charge >= 0.3 is 0 Å². The molecule has 1 saturated heterocycles. The van der Waals surface area contributed by atoms with Gasteiger partial charge in [0.2, 0.25) is 0 Å². The summed E-state index contributed by atoms with van der Waals surface area (Å²) >= 11 is 1.87. The largest absolute Gasteiger partial charge is 0.330 e. The van der Waals surface area contributed by atoms with Crippen LogP contribution < -0.4 is 5.73 Å². The Labute approximate surface area is 108 Å². The highest BCUT2D eigenvalue weighted by atomic mass is 32.1. The summed E-state index contributed by atoms with van der Waals surface area (Å²) in [7, 11) is 2.19. The smallest absolute Gasteiger partial charge is 0.0975 e. The van der Waals surface area contributed by atoms with Crippen molar-refractivity contribution in [3.8, 4) is 0 Å². The molecule has 2 rings (SSSR count). The zero-order valence-corrected chi connectivity index (χ0v) is 12.1. The van der Waals surface area contributed by atoms with E-state index in [0.29, 0.717) is 12.5 Å². The normalized spacial score (nSPS) is 22.3. The molecule has 1 unspecified atom stereocenters. The van der Waals surface area contributed by atoms with Gasteiger partial charge in [0.1, 0.15) is 0 Å². The van der Waals surface area contributed by atoms with Gasteiger partial charge in [-0.25, -0.2) is 4.98 Å². The van der Waals surface area contributed by atoms with Gasteiger partial charge in [-0.1, -0.05) is 13.8 Å². The molecule has 0 aliphatic carbocycles. The van der Waals surface area contributed by atoms with Crippen LogP contribution in [0.4, 0.5) is 0 Å². The number of likely N-dealkylation sites (tertiary alicyclic amines) is 1. The second-order valence-electron chi connectivity index (χ2n) is 5.80. The molecule has 0 spiro atoms. The van der Waals surface area contributed by atoms with E-state index >= 15 is 0 Å². The first-order chi connectivity index (χ1) is 7.94. The second-order valence-corrected chi connectivity index (χ2v) is 6.83. The van der Waals surface area contributed by atoms with Crippen LogP contribution in [-0.2, 0) is 5.41 Å². The van der Waals surface area contributed by atoms with Crippen molar-refractivity contribution in [2.45, 2.75) is 38.5 Å². The maximum absolute atomic E-state index is 5.86. The number of nitrogens with zero attached hydrogens (tertiary/aromatic N) is 2. The van der Waals surface area contributed by atoms with Crippen molar-refractivity contribution < 1.29 is 0 Å². The highest BCUT2D eigenvalue weighted by Gasteiger charge is 2.29. The standard InChI is InChI=1S/C13H23N3S/c1-9-11(13(2,3)8-14)17-12(15-9)10-5-6-16(4)7-10/h10H,5-8,14H2,1-4H3. The molecule has 1 aliphatic rings. The maximum atomic E-state index is 5.86. The van der Waals surface area contributed by atoms with Crippen LogP contribution >= 0.6 is 11.3 Å². The molecule has 0 radical (unpaired) electrons. The Balaban J connectivity index is 2.25. The van der Waals surface area contributed by atoms with E-state index in [2.05, 4.69) is 32.7 Å². The molecule has 1 aromatic rings. The molecule has 0 saturated carbocycles. The van der Waals surface area contributed by atoms with Crippen LogP contribution in [0.5, 0.6) is 0 Å². The van der Waals surface area contributed by atoms with Crippen molar-refractivity contribution in [3.63, 3.8) is 0 Å². The molecule has 96 valence electrons. The summed E-state index contributed by atoms with van der Waals surface area (Å²) in [6, 6.07) is 0. The van der Waals surface area contributed by atoms with Gasteiger partial charge in [-0.2, -0.15) is 0 Å². The van der Waals surface area contributed by atoms with E-state index in [1.807, 2.05) is 11.3 Å². The molecular weight excluding hydrogens is 230 g/mol.